The van der Waals surface area contributed by atoms with Gasteiger partial charge in [-0.15, -0.1) is 0 Å². The zero-order valence-electron chi connectivity index (χ0n) is 39.8. The van der Waals surface area contributed by atoms with E-state index in [9.17, 15) is 0 Å². The van der Waals surface area contributed by atoms with Gasteiger partial charge in [0.1, 0.15) is 0 Å². The second kappa shape index (κ2) is 15.0. The van der Waals surface area contributed by atoms with Gasteiger partial charge < -0.3 is 23.5 Å². The van der Waals surface area contributed by atoms with Crippen molar-refractivity contribution >= 4 is 63.8 Å². The van der Waals surface area contributed by atoms with E-state index in [2.05, 4.69) is 238 Å². The van der Waals surface area contributed by atoms with Gasteiger partial charge in [0.05, 0.1) is 22.4 Å². The topological polar surface area (TPSA) is 40.2 Å². The molecule has 0 N–H and O–H groups in total. The molecule has 0 saturated carbocycles. The van der Waals surface area contributed by atoms with Crippen LogP contribution >= 0.6 is 0 Å². The molecule has 2 fully saturated rings. The van der Waals surface area contributed by atoms with E-state index in [-0.39, 0.29) is 5.41 Å². The third-order valence-corrected chi connectivity index (χ3v) is 15.6. The van der Waals surface area contributed by atoms with Crippen LogP contribution < -0.4 is 15.8 Å². The van der Waals surface area contributed by atoms with E-state index in [4.69, 9.17) is 18.6 Å². The monoisotopic (exact) mass is 865 g/mol. The summed E-state index contributed by atoms with van der Waals surface area (Å²) >= 11 is 0. The van der Waals surface area contributed by atoms with Crippen molar-refractivity contribution in [2.45, 2.75) is 97.1 Å². The molecule has 66 heavy (non-hydrogen) atoms. The van der Waals surface area contributed by atoms with E-state index in [1.54, 1.807) is 0 Å². The fraction of sp³-hybridized carbons (Fsp3) is 0.254. The van der Waals surface area contributed by atoms with Gasteiger partial charge in [0.2, 0.25) is 0 Å². The van der Waals surface area contributed by atoms with Crippen LogP contribution in [-0.2, 0) is 24.0 Å². The van der Waals surface area contributed by atoms with Crippen LogP contribution in [0.1, 0.15) is 80.4 Å². The SMILES string of the molecule is CC1(C)c2ccccc2-c2ccc(-c3c4ccccc4c(-c4ccc(N(c5ccc(B6OC(C)(C)C(C)(C)O6)cc5)c5ccc(B6OC(C)(C)C(C)(C)O6)cc5)cc4)c4ccccc34)cc21. The Hall–Kier alpha value is -5.95. The van der Waals surface area contributed by atoms with Gasteiger partial charge in [-0.3, -0.25) is 0 Å². The number of rotatable bonds is 7. The molecule has 0 atom stereocenters. The molecule has 0 spiro atoms. The lowest BCUT2D eigenvalue weighted by molar-refractivity contribution is 0.00578. The zero-order valence-corrected chi connectivity index (χ0v) is 39.8. The van der Waals surface area contributed by atoms with Gasteiger partial charge in [0.25, 0.3) is 0 Å². The molecule has 1 aliphatic carbocycles. The lowest BCUT2D eigenvalue weighted by atomic mass is 9.79. The van der Waals surface area contributed by atoms with Crippen LogP contribution in [0.25, 0.3) is 54.9 Å². The smallest absolute Gasteiger partial charge is 0.399 e. The summed E-state index contributed by atoms with van der Waals surface area (Å²) < 4.78 is 25.8. The summed E-state index contributed by atoms with van der Waals surface area (Å²) in [5, 5.41) is 4.95. The number of nitrogens with zero attached hydrogens (tertiary/aromatic N) is 1. The molecule has 0 amide bonds. The van der Waals surface area contributed by atoms with E-state index in [0.717, 1.165) is 33.6 Å². The maximum atomic E-state index is 6.44. The molecule has 5 nitrogen and oxygen atoms in total. The molecule has 328 valence electrons. The summed E-state index contributed by atoms with van der Waals surface area (Å²) in [7, 11) is -0.891. The zero-order chi connectivity index (χ0) is 46.0. The van der Waals surface area contributed by atoms with Gasteiger partial charge >= 0.3 is 14.2 Å². The Balaban J connectivity index is 0.997. The average molecular weight is 866 g/mol. The normalized spacial score (nSPS) is 18.5. The van der Waals surface area contributed by atoms with Crippen molar-refractivity contribution < 1.29 is 18.6 Å². The van der Waals surface area contributed by atoms with Crippen molar-refractivity contribution in [2.75, 3.05) is 4.90 Å². The third kappa shape index (κ3) is 6.69. The highest BCUT2D eigenvalue weighted by Gasteiger charge is 2.53. The first-order chi connectivity index (χ1) is 31.4. The van der Waals surface area contributed by atoms with E-state index >= 15 is 0 Å². The van der Waals surface area contributed by atoms with Gasteiger partial charge in [-0.2, -0.15) is 0 Å². The summed E-state index contributed by atoms with van der Waals surface area (Å²) in [6.45, 7) is 21.4. The maximum absolute atomic E-state index is 6.44. The van der Waals surface area contributed by atoms with Gasteiger partial charge in [-0.1, -0.05) is 135 Å². The Morgan fingerprint density at radius 2 is 0.697 bits per heavy atom. The van der Waals surface area contributed by atoms with Gasteiger partial charge in [-0.25, -0.2) is 0 Å². The molecule has 0 bridgehead atoms. The van der Waals surface area contributed by atoms with Gasteiger partial charge in [-0.05, 0) is 175 Å². The van der Waals surface area contributed by atoms with Crippen molar-refractivity contribution in [3.63, 3.8) is 0 Å². The molecule has 7 heteroatoms. The van der Waals surface area contributed by atoms with Crippen LogP contribution in [0.2, 0.25) is 0 Å². The molecule has 2 saturated heterocycles. The average Bonchev–Trinajstić information content (AvgIpc) is 3.78. The van der Waals surface area contributed by atoms with Gasteiger partial charge in [0, 0.05) is 22.5 Å². The molecule has 11 rings (SSSR count). The summed E-state index contributed by atoms with van der Waals surface area (Å²) in [6, 6.07) is 60.1. The summed E-state index contributed by atoms with van der Waals surface area (Å²) in [5.74, 6) is 0. The molecular weight excluding hydrogens is 808 g/mol. The summed E-state index contributed by atoms with van der Waals surface area (Å²) in [4.78, 5) is 2.30. The van der Waals surface area contributed by atoms with E-state index in [0.29, 0.717) is 0 Å². The Bertz CT molecular complexity index is 3020. The van der Waals surface area contributed by atoms with Crippen LogP contribution in [0.5, 0.6) is 0 Å². The first-order valence-electron chi connectivity index (χ1n) is 23.4. The fourth-order valence-corrected chi connectivity index (χ4v) is 10.4. The second-order valence-electron chi connectivity index (χ2n) is 21.0. The summed E-state index contributed by atoms with van der Waals surface area (Å²) in [5.41, 5.74) is 13.6. The Morgan fingerprint density at radius 3 is 1.14 bits per heavy atom. The van der Waals surface area contributed by atoms with Crippen LogP contribution in [0, 0.1) is 0 Å². The fourth-order valence-electron chi connectivity index (χ4n) is 10.4. The summed E-state index contributed by atoms with van der Waals surface area (Å²) in [6.07, 6.45) is 0. The minimum absolute atomic E-state index is 0.0897. The minimum atomic E-state index is -0.446. The molecule has 0 unspecified atom stereocenters. The largest absolute Gasteiger partial charge is 0.494 e. The number of benzene rings is 8. The predicted octanol–water partition coefficient (Wildman–Crippen LogP) is 13.7. The third-order valence-electron chi connectivity index (χ3n) is 15.6. The molecule has 8 aromatic rings. The Morgan fingerprint density at radius 1 is 0.348 bits per heavy atom. The van der Waals surface area contributed by atoms with E-state index in [1.165, 1.54) is 60.5 Å². The van der Waals surface area contributed by atoms with Crippen LogP contribution in [-0.4, -0.2) is 36.6 Å². The van der Waals surface area contributed by atoms with Gasteiger partial charge in [0.15, 0.2) is 0 Å². The Kier molecular flexibility index (Phi) is 9.72. The number of fused-ring (bicyclic) bond motifs is 5. The molecule has 0 aromatic heterocycles. The lowest BCUT2D eigenvalue weighted by Crippen LogP contribution is -2.41. The standard InChI is InChI=1S/C59H57B2NO4/c1-55(2)51-22-16-15-17-45(51)46-36-25-39(37-52(46)55)54-49-20-13-11-18-47(49)53(48-19-12-14-21-50(48)54)38-23-30-42(31-24-38)62(43-32-26-40(27-33-43)60-63-56(3,4)57(5,6)64-60)44-34-28-41(29-35-44)61-65-58(7,8)59(9,10)66-61/h11-37H,1-10H3. The molecule has 3 aliphatic rings. The lowest BCUT2D eigenvalue weighted by Gasteiger charge is -2.32. The number of hydrogen-bond donors (Lipinski definition) is 0. The second-order valence-corrected chi connectivity index (χ2v) is 21.0. The maximum Gasteiger partial charge on any atom is 0.494 e. The first kappa shape index (κ1) is 42.7. The van der Waals surface area contributed by atoms with E-state index < -0.39 is 36.6 Å². The van der Waals surface area contributed by atoms with Crippen LogP contribution in [0.4, 0.5) is 17.1 Å². The molecule has 8 aromatic carbocycles. The molecule has 0 radical (unpaired) electrons. The first-order valence-corrected chi connectivity index (χ1v) is 23.4. The van der Waals surface area contributed by atoms with E-state index in [1.807, 2.05) is 0 Å². The quantitative estimate of drug-likeness (QED) is 0.118. The molecule has 2 heterocycles. The minimum Gasteiger partial charge on any atom is -0.399 e. The van der Waals surface area contributed by atoms with Crippen LogP contribution in [0.15, 0.2) is 164 Å². The van der Waals surface area contributed by atoms with Crippen molar-refractivity contribution in [1.29, 1.82) is 0 Å². The highest BCUT2D eigenvalue weighted by molar-refractivity contribution is 6.62. The number of hydrogen-bond acceptors (Lipinski definition) is 5. The number of anilines is 3. The van der Waals surface area contributed by atoms with Crippen molar-refractivity contribution in [1.82, 2.24) is 0 Å². The van der Waals surface area contributed by atoms with Crippen molar-refractivity contribution in [2.24, 2.45) is 0 Å². The van der Waals surface area contributed by atoms with Crippen LogP contribution in [0.3, 0.4) is 0 Å². The Labute approximate surface area is 391 Å². The highest BCUT2D eigenvalue weighted by atomic mass is 16.7. The van der Waals surface area contributed by atoms with Crippen molar-refractivity contribution in [3.8, 4) is 33.4 Å². The predicted molar refractivity (Wildman–Crippen MR) is 276 cm³/mol. The highest BCUT2D eigenvalue weighted by Crippen LogP contribution is 2.51. The molecular formula is C59H57B2NO4. The molecule has 2 aliphatic heterocycles. The van der Waals surface area contributed by atoms with Crippen molar-refractivity contribution in [3.05, 3.63) is 175 Å².